The maximum Gasteiger partial charge on any atom is 0.388 e. The fourth-order valence-electron chi connectivity index (χ4n) is 4.42. The molecule has 1 aliphatic heterocycles. The van der Waals surface area contributed by atoms with E-state index in [1.807, 2.05) is 19.1 Å². The fourth-order valence-corrected chi connectivity index (χ4v) is 4.42. The predicted octanol–water partition coefficient (Wildman–Crippen LogP) is 4.53. The predicted molar refractivity (Wildman–Crippen MR) is 132 cm³/mol. The van der Waals surface area contributed by atoms with Crippen LogP contribution in [0.1, 0.15) is 11.3 Å². The van der Waals surface area contributed by atoms with Crippen molar-refractivity contribution in [3.8, 4) is 11.7 Å². The summed E-state index contributed by atoms with van der Waals surface area (Å²) in [5.74, 6) is 0.721. The van der Waals surface area contributed by atoms with Crippen molar-refractivity contribution in [1.82, 2.24) is 24.4 Å². The number of rotatable bonds is 6. The van der Waals surface area contributed by atoms with Gasteiger partial charge < -0.3 is 19.9 Å². The molecule has 5 rings (SSSR count). The Morgan fingerprint density at radius 2 is 1.80 bits per heavy atom. The first-order valence-corrected chi connectivity index (χ1v) is 11.5. The van der Waals surface area contributed by atoms with Crippen LogP contribution < -0.4 is 15.0 Å². The van der Waals surface area contributed by atoms with Crippen molar-refractivity contribution in [2.24, 2.45) is 0 Å². The van der Waals surface area contributed by atoms with Crippen molar-refractivity contribution in [1.29, 1.82) is 0 Å². The summed E-state index contributed by atoms with van der Waals surface area (Å²) in [4.78, 5) is 18.1. The van der Waals surface area contributed by atoms with Gasteiger partial charge in [-0.25, -0.2) is 4.98 Å². The number of hydrogen-bond acceptors (Lipinski definition) is 7. The Morgan fingerprint density at radius 1 is 1.00 bits per heavy atom. The molecule has 35 heavy (non-hydrogen) atoms. The zero-order valence-corrected chi connectivity index (χ0v) is 19.9. The molecule has 3 aromatic heterocycles. The van der Waals surface area contributed by atoms with Crippen LogP contribution in [-0.2, 0) is 0 Å². The molecule has 1 aromatic carbocycles. The second-order valence-electron chi connectivity index (χ2n) is 8.72. The zero-order valence-electron chi connectivity index (χ0n) is 19.9. The average molecular weight is 480 g/mol. The van der Waals surface area contributed by atoms with E-state index in [4.69, 9.17) is 4.98 Å². The zero-order chi connectivity index (χ0) is 24.5. The number of piperazine rings is 1. The van der Waals surface area contributed by atoms with E-state index < -0.39 is 6.61 Å². The van der Waals surface area contributed by atoms with Crippen LogP contribution >= 0.6 is 0 Å². The Kier molecular flexibility index (Phi) is 6.21. The van der Waals surface area contributed by atoms with Gasteiger partial charge in [0, 0.05) is 60.9 Å². The lowest BCUT2D eigenvalue weighted by atomic mass is 10.1. The lowest BCUT2D eigenvalue weighted by molar-refractivity contribution is -0.0528. The molecule has 0 radical (unpaired) electrons. The van der Waals surface area contributed by atoms with Crippen LogP contribution in [-0.4, -0.2) is 64.3 Å². The molecule has 0 atom stereocenters. The van der Waals surface area contributed by atoms with Crippen LogP contribution in [0.3, 0.4) is 0 Å². The first-order chi connectivity index (χ1) is 16.9. The number of hydrogen-bond donors (Lipinski definition) is 1. The quantitative estimate of drug-likeness (QED) is 0.436. The first kappa shape index (κ1) is 23.0. The van der Waals surface area contributed by atoms with Crippen molar-refractivity contribution < 1.29 is 13.5 Å². The number of aryl methyl sites for hydroxylation is 2. The van der Waals surface area contributed by atoms with Gasteiger partial charge in [0.2, 0.25) is 11.8 Å². The van der Waals surface area contributed by atoms with Gasteiger partial charge in [-0.15, -0.1) is 0 Å². The summed E-state index contributed by atoms with van der Waals surface area (Å²) in [6.07, 6.45) is 1.74. The summed E-state index contributed by atoms with van der Waals surface area (Å²) in [5, 5.41) is 4.11. The Bertz CT molecular complexity index is 1350. The molecule has 0 saturated carbocycles. The van der Waals surface area contributed by atoms with E-state index in [9.17, 15) is 8.78 Å². The van der Waals surface area contributed by atoms with E-state index in [-0.39, 0.29) is 5.88 Å². The fraction of sp³-hybridized carbons (Fsp3) is 0.320. The maximum absolute atomic E-state index is 12.7. The number of nitrogens with zero attached hydrogens (tertiary/aromatic N) is 6. The molecule has 0 aliphatic carbocycles. The average Bonchev–Trinajstić information content (AvgIpc) is 3.15. The van der Waals surface area contributed by atoms with Gasteiger partial charge in [0.05, 0.1) is 0 Å². The van der Waals surface area contributed by atoms with E-state index >= 15 is 0 Å². The van der Waals surface area contributed by atoms with Gasteiger partial charge in [0.1, 0.15) is 5.82 Å². The van der Waals surface area contributed by atoms with E-state index in [2.05, 4.69) is 55.9 Å². The Balaban J connectivity index is 1.42. The highest BCUT2D eigenvalue weighted by atomic mass is 19.3. The molecular weight excluding hydrogens is 452 g/mol. The summed E-state index contributed by atoms with van der Waals surface area (Å²) in [5.41, 5.74) is 4.77. The smallest absolute Gasteiger partial charge is 0.388 e. The monoisotopic (exact) mass is 479 g/mol. The second kappa shape index (κ2) is 9.46. The molecule has 8 nitrogen and oxygen atoms in total. The van der Waals surface area contributed by atoms with Crippen molar-refractivity contribution >= 4 is 28.4 Å². The Hall–Kier alpha value is -3.79. The molecule has 10 heteroatoms. The molecule has 1 saturated heterocycles. The van der Waals surface area contributed by atoms with Gasteiger partial charge in [0.15, 0.2) is 5.65 Å². The molecule has 0 spiro atoms. The van der Waals surface area contributed by atoms with Crippen LogP contribution in [0.5, 0.6) is 5.88 Å². The normalized spacial score (nSPS) is 14.6. The van der Waals surface area contributed by atoms with E-state index in [0.29, 0.717) is 17.4 Å². The van der Waals surface area contributed by atoms with Gasteiger partial charge >= 0.3 is 6.61 Å². The molecule has 4 heterocycles. The largest absolute Gasteiger partial charge is 0.417 e. The number of anilines is 3. The molecule has 1 N–H and O–H groups in total. The molecule has 0 bridgehead atoms. The van der Waals surface area contributed by atoms with E-state index in [1.165, 1.54) is 17.3 Å². The third kappa shape index (κ3) is 4.88. The lowest BCUT2D eigenvalue weighted by Gasteiger charge is -2.35. The number of aromatic nitrogens is 4. The highest BCUT2D eigenvalue weighted by molar-refractivity contribution is 5.80. The number of alkyl halides is 2. The van der Waals surface area contributed by atoms with Gasteiger partial charge in [0.25, 0.3) is 0 Å². The molecule has 1 fully saturated rings. The highest BCUT2D eigenvalue weighted by Crippen LogP contribution is 2.27. The first-order valence-electron chi connectivity index (χ1n) is 11.5. The lowest BCUT2D eigenvalue weighted by Crippen LogP contribution is -2.44. The topological polar surface area (TPSA) is 71.3 Å². The second-order valence-corrected chi connectivity index (χ2v) is 8.72. The number of halogens is 2. The van der Waals surface area contributed by atoms with E-state index in [1.54, 1.807) is 22.9 Å². The minimum atomic E-state index is -2.94. The standard InChI is InChI=1S/C25H27F2N7O/c1-16-13-19(7-8-20(16)33-11-9-32(3)10-12-33)29-25-28-15-18-14-17(2)34(23(18)31-25)21-5-4-6-22(30-21)35-24(26)27/h4-8,13-15,24H,9-12H2,1-3H3,(H,28,29,31). The number of benzene rings is 1. The summed E-state index contributed by atoms with van der Waals surface area (Å²) in [6.45, 7) is 5.20. The maximum atomic E-state index is 12.7. The van der Waals surface area contributed by atoms with Gasteiger partial charge in [-0.3, -0.25) is 4.57 Å². The number of nitrogens with one attached hydrogen (secondary N) is 1. The van der Waals surface area contributed by atoms with Crippen LogP contribution in [0.2, 0.25) is 0 Å². The summed E-state index contributed by atoms with van der Waals surface area (Å²) in [7, 11) is 2.15. The minimum Gasteiger partial charge on any atom is -0.417 e. The van der Waals surface area contributed by atoms with E-state index in [0.717, 1.165) is 42.9 Å². The number of pyridine rings is 1. The number of ether oxygens (including phenoxy) is 1. The van der Waals surface area contributed by atoms with Gasteiger partial charge in [-0.2, -0.15) is 18.7 Å². The van der Waals surface area contributed by atoms with Crippen LogP contribution in [0.25, 0.3) is 16.9 Å². The van der Waals surface area contributed by atoms with Crippen LogP contribution in [0.4, 0.5) is 26.1 Å². The van der Waals surface area contributed by atoms with Gasteiger partial charge in [-0.05, 0) is 56.8 Å². The van der Waals surface area contributed by atoms with Crippen molar-refractivity contribution in [3.63, 3.8) is 0 Å². The number of likely N-dealkylation sites (N-methyl/N-ethyl adjacent to an activating group) is 1. The number of fused-ring (bicyclic) bond motifs is 1. The van der Waals surface area contributed by atoms with Crippen LogP contribution in [0, 0.1) is 13.8 Å². The Labute approximate surface area is 202 Å². The highest BCUT2D eigenvalue weighted by Gasteiger charge is 2.17. The molecule has 182 valence electrons. The molecule has 0 amide bonds. The van der Waals surface area contributed by atoms with Crippen molar-refractivity contribution in [2.75, 3.05) is 43.4 Å². The summed E-state index contributed by atoms with van der Waals surface area (Å²) in [6, 6.07) is 12.9. The van der Waals surface area contributed by atoms with Crippen molar-refractivity contribution in [3.05, 3.63) is 59.9 Å². The van der Waals surface area contributed by atoms with Crippen LogP contribution in [0.15, 0.2) is 48.7 Å². The molecular formula is C25H27F2N7O. The summed E-state index contributed by atoms with van der Waals surface area (Å²) >= 11 is 0. The minimum absolute atomic E-state index is 0.151. The molecule has 0 unspecified atom stereocenters. The third-order valence-corrected chi connectivity index (χ3v) is 6.17. The van der Waals surface area contributed by atoms with Gasteiger partial charge in [-0.1, -0.05) is 6.07 Å². The third-order valence-electron chi connectivity index (χ3n) is 6.17. The van der Waals surface area contributed by atoms with Crippen molar-refractivity contribution in [2.45, 2.75) is 20.5 Å². The summed E-state index contributed by atoms with van der Waals surface area (Å²) < 4.78 is 31.6. The molecule has 4 aromatic rings. The SMILES string of the molecule is Cc1cc(Nc2ncc3cc(C)n(-c4cccc(OC(F)F)n4)c3n2)ccc1N1CCN(C)CC1. The Morgan fingerprint density at radius 3 is 2.54 bits per heavy atom. The molecule has 1 aliphatic rings.